The van der Waals surface area contributed by atoms with Gasteiger partial charge in [-0.25, -0.2) is 0 Å². The minimum absolute atomic E-state index is 0.704. The second-order valence-electron chi connectivity index (χ2n) is 5.49. The Bertz CT molecular complexity index is 166. The smallest absolute Gasteiger partial charge is 0.0241 e. The van der Waals surface area contributed by atoms with E-state index in [2.05, 4.69) is 45.0 Å². The minimum atomic E-state index is 0.704. The average Bonchev–Trinajstić information content (AvgIpc) is 2.01. The van der Waals surface area contributed by atoms with Gasteiger partial charge in [0.2, 0.25) is 0 Å². The van der Waals surface area contributed by atoms with E-state index in [9.17, 15) is 0 Å². The molecule has 0 radical (unpaired) electrons. The summed E-state index contributed by atoms with van der Waals surface area (Å²) in [5.74, 6) is 1.56. The summed E-state index contributed by atoms with van der Waals surface area (Å²) in [6.45, 7) is 11.6. The average molecular weight is 198 g/mol. The monoisotopic (exact) mass is 198 g/mol. The van der Waals surface area contributed by atoms with Crippen molar-refractivity contribution in [1.29, 1.82) is 0 Å². The van der Waals surface area contributed by atoms with E-state index in [1.165, 1.54) is 13.0 Å². The number of hydrogen-bond donors (Lipinski definition) is 1. The number of hydrogen-bond acceptors (Lipinski definition) is 2. The number of likely N-dealkylation sites (N-methyl/N-ethyl adjacent to an activating group) is 1. The van der Waals surface area contributed by atoms with Gasteiger partial charge in [-0.2, -0.15) is 0 Å². The molecule has 0 aromatic rings. The van der Waals surface area contributed by atoms with Gasteiger partial charge in [-0.15, -0.1) is 0 Å². The standard InChI is InChI=1S/C12H26N2/c1-9(2)6-11-8-14(5)12(7-13-11)10(3)4/h9-13H,6-8H2,1-5H3/t11-,12-/m1/s1. The van der Waals surface area contributed by atoms with Crippen molar-refractivity contribution in [3.8, 4) is 0 Å². The van der Waals surface area contributed by atoms with Gasteiger partial charge in [0.1, 0.15) is 0 Å². The maximum absolute atomic E-state index is 3.67. The molecular weight excluding hydrogens is 172 g/mol. The van der Waals surface area contributed by atoms with Crippen LogP contribution in [0.25, 0.3) is 0 Å². The van der Waals surface area contributed by atoms with Crippen molar-refractivity contribution >= 4 is 0 Å². The Kier molecular flexibility index (Phi) is 4.39. The highest BCUT2D eigenvalue weighted by Gasteiger charge is 2.27. The SMILES string of the molecule is CC(C)C[C@@H]1CN(C)[C@@H](C(C)C)CN1. The second-order valence-corrected chi connectivity index (χ2v) is 5.49. The van der Waals surface area contributed by atoms with E-state index in [1.807, 2.05) is 0 Å². The molecule has 0 bridgehead atoms. The molecule has 1 aliphatic rings. The maximum atomic E-state index is 3.67. The van der Waals surface area contributed by atoms with Crippen LogP contribution in [0.15, 0.2) is 0 Å². The lowest BCUT2D eigenvalue weighted by Crippen LogP contribution is -2.56. The number of piperazine rings is 1. The lowest BCUT2D eigenvalue weighted by Gasteiger charge is -2.40. The van der Waals surface area contributed by atoms with Crippen LogP contribution < -0.4 is 5.32 Å². The number of nitrogens with zero attached hydrogens (tertiary/aromatic N) is 1. The van der Waals surface area contributed by atoms with Crippen molar-refractivity contribution < 1.29 is 0 Å². The second kappa shape index (κ2) is 5.13. The molecule has 1 aliphatic heterocycles. The minimum Gasteiger partial charge on any atom is -0.311 e. The van der Waals surface area contributed by atoms with E-state index in [-0.39, 0.29) is 0 Å². The topological polar surface area (TPSA) is 15.3 Å². The van der Waals surface area contributed by atoms with Crippen molar-refractivity contribution in [1.82, 2.24) is 10.2 Å². The molecule has 84 valence electrons. The Morgan fingerprint density at radius 2 is 1.93 bits per heavy atom. The Labute approximate surface area is 89.1 Å². The first-order valence-corrected chi connectivity index (χ1v) is 5.94. The van der Waals surface area contributed by atoms with Crippen molar-refractivity contribution in [2.45, 2.75) is 46.2 Å². The van der Waals surface area contributed by atoms with Crippen LogP contribution in [0.5, 0.6) is 0 Å². The molecule has 1 rings (SSSR count). The first kappa shape index (κ1) is 12.0. The van der Waals surface area contributed by atoms with Crippen LogP contribution in [0.3, 0.4) is 0 Å². The van der Waals surface area contributed by atoms with Crippen LogP contribution in [-0.2, 0) is 0 Å². The van der Waals surface area contributed by atoms with E-state index in [4.69, 9.17) is 0 Å². The van der Waals surface area contributed by atoms with Crippen LogP contribution in [0.4, 0.5) is 0 Å². The Morgan fingerprint density at radius 1 is 1.29 bits per heavy atom. The van der Waals surface area contributed by atoms with Crippen LogP contribution in [-0.4, -0.2) is 37.1 Å². The van der Waals surface area contributed by atoms with Crippen LogP contribution in [0.1, 0.15) is 34.1 Å². The van der Waals surface area contributed by atoms with Crippen molar-refractivity contribution in [2.75, 3.05) is 20.1 Å². The highest BCUT2D eigenvalue weighted by Crippen LogP contribution is 2.16. The molecule has 0 aliphatic carbocycles. The predicted octanol–water partition coefficient (Wildman–Crippen LogP) is 1.96. The molecule has 0 saturated carbocycles. The number of rotatable bonds is 3. The zero-order valence-corrected chi connectivity index (χ0v) is 10.4. The van der Waals surface area contributed by atoms with Gasteiger partial charge in [0.05, 0.1) is 0 Å². The molecule has 2 nitrogen and oxygen atoms in total. The number of nitrogens with one attached hydrogen (secondary N) is 1. The molecule has 1 saturated heterocycles. The Balaban J connectivity index is 2.39. The summed E-state index contributed by atoms with van der Waals surface area (Å²) in [5.41, 5.74) is 0. The molecule has 1 fully saturated rings. The van der Waals surface area contributed by atoms with Crippen LogP contribution in [0, 0.1) is 11.8 Å². The molecule has 2 atom stereocenters. The van der Waals surface area contributed by atoms with Crippen molar-refractivity contribution in [2.24, 2.45) is 11.8 Å². The van der Waals surface area contributed by atoms with E-state index in [1.54, 1.807) is 0 Å². The third-order valence-electron chi connectivity index (χ3n) is 3.22. The Morgan fingerprint density at radius 3 is 2.36 bits per heavy atom. The fourth-order valence-electron chi connectivity index (χ4n) is 2.46. The first-order chi connectivity index (χ1) is 6.50. The summed E-state index contributed by atoms with van der Waals surface area (Å²) in [7, 11) is 2.26. The van der Waals surface area contributed by atoms with Crippen molar-refractivity contribution in [3.63, 3.8) is 0 Å². The van der Waals surface area contributed by atoms with Crippen LogP contribution >= 0.6 is 0 Å². The summed E-state index contributed by atoms with van der Waals surface area (Å²) in [4.78, 5) is 2.52. The van der Waals surface area contributed by atoms with E-state index in [0.29, 0.717) is 6.04 Å². The Hall–Kier alpha value is -0.0800. The summed E-state index contributed by atoms with van der Waals surface area (Å²) in [5, 5.41) is 3.67. The molecule has 0 unspecified atom stereocenters. The molecule has 1 N–H and O–H groups in total. The summed E-state index contributed by atoms with van der Waals surface area (Å²) < 4.78 is 0. The fourth-order valence-corrected chi connectivity index (χ4v) is 2.46. The molecule has 1 heterocycles. The van der Waals surface area contributed by atoms with Gasteiger partial charge < -0.3 is 10.2 Å². The molecule has 0 aromatic heterocycles. The van der Waals surface area contributed by atoms with Crippen molar-refractivity contribution in [3.05, 3.63) is 0 Å². The normalized spacial score (nSPS) is 30.2. The van der Waals surface area contributed by atoms with E-state index >= 15 is 0 Å². The zero-order valence-electron chi connectivity index (χ0n) is 10.4. The van der Waals surface area contributed by atoms with Gasteiger partial charge in [0.25, 0.3) is 0 Å². The zero-order chi connectivity index (χ0) is 10.7. The molecule has 14 heavy (non-hydrogen) atoms. The lowest BCUT2D eigenvalue weighted by atomic mass is 9.96. The third kappa shape index (κ3) is 3.25. The molecule has 0 amide bonds. The highest BCUT2D eigenvalue weighted by molar-refractivity contribution is 4.86. The van der Waals surface area contributed by atoms with Gasteiger partial charge >= 0.3 is 0 Å². The maximum Gasteiger partial charge on any atom is 0.0241 e. The fraction of sp³-hybridized carbons (Fsp3) is 1.00. The molecular formula is C12H26N2. The molecule has 0 aromatic carbocycles. The van der Waals surface area contributed by atoms with E-state index < -0.39 is 0 Å². The molecule has 2 heteroatoms. The van der Waals surface area contributed by atoms with Gasteiger partial charge in [-0.05, 0) is 25.3 Å². The molecule has 0 spiro atoms. The third-order valence-corrected chi connectivity index (χ3v) is 3.22. The largest absolute Gasteiger partial charge is 0.311 e. The first-order valence-electron chi connectivity index (χ1n) is 5.94. The summed E-state index contributed by atoms with van der Waals surface area (Å²) >= 11 is 0. The predicted molar refractivity (Wildman–Crippen MR) is 62.5 cm³/mol. The lowest BCUT2D eigenvalue weighted by molar-refractivity contribution is 0.120. The summed E-state index contributed by atoms with van der Waals surface area (Å²) in [6, 6.07) is 1.42. The summed E-state index contributed by atoms with van der Waals surface area (Å²) in [6.07, 6.45) is 1.30. The van der Waals surface area contributed by atoms with Gasteiger partial charge in [-0.1, -0.05) is 27.7 Å². The highest BCUT2D eigenvalue weighted by atomic mass is 15.2. The van der Waals surface area contributed by atoms with Crippen LogP contribution in [0.2, 0.25) is 0 Å². The van der Waals surface area contributed by atoms with E-state index in [0.717, 1.165) is 24.4 Å². The van der Waals surface area contributed by atoms with Gasteiger partial charge in [0, 0.05) is 25.2 Å². The van der Waals surface area contributed by atoms with Gasteiger partial charge in [0.15, 0.2) is 0 Å². The quantitative estimate of drug-likeness (QED) is 0.746. The van der Waals surface area contributed by atoms with Gasteiger partial charge in [-0.3, -0.25) is 0 Å².